The topological polar surface area (TPSA) is 0 Å². The molecule has 0 fully saturated rings. The maximum absolute atomic E-state index is 2.61. The molecule has 2 aromatic carbocycles. The first-order valence-corrected chi connectivity index (χ1v) is 22.5. The summed E-state index contributed by atoms with van der Waals surface area (Å²) in [6.07, 6.45) is 36.5. The molecule has 3 aliphatic carbocycles. The molecule has 294 valence electrons. The summed E-state index contributed by atoms with van der Waals surface area (Å²) in [6, 6.07) is 16.1. The van der Waals surface area contributed by atoms with Crippen LogP contribution in [-0.2, 0) is 6.42 Å². The van der Waals surface area contributed by atoms with Gasteiger partial charge in [0, 0.05) is 0 Å². The molecule has 3 aliphatic rings. The van der Waals surface area contributed by atoms with Crippen molar-refractivity contribution in [2.24, 2.45) is 29.1 Å². The molecule has 0 aromatic heterocycles. The minimum absolute atomic E-state index is 0.392. The van der Waals surface area contributed by atoms with Gasteiger partial charge in [0.15, 0.2) is 0 Å². The van der Waals surface area contributed by atoms with E-state index in [1.165, 1.54) is 121 Å². The standard InChI is InChI=1S/C52H72.C2H6/c1-9-12-13-15-21-39(6)22-18-19-27-50(45-26-20-25-43(28-29-45)42-23-16-14-17-24-42)40(7)49(11-3)46-34-41(10-2)51-31-30-44-32-33-52(8,38(4)5)37-48(44)36-47(51)35-46;1-2/h11,14,16-17,20,23-24,26,28-29,31,34-36,38-40,50H,9-10,12-13,15,18-19,21-22,25,27,30,32-33,37H2,1-8H3;1-2H3/t39?,40?,50-,52?;/m0./s1. The monoisotopic (exact) mass is 727 g/mol. The van der Waals surface area contributed by atoms with E-state index < -0.39 is 0 Å². The van der Waals surface area contributed by atoms with Crippen molar-refractivity contribution >= 4 is 23.3 Å². The predicted octanol–water partition coefficient (Wildman–Crippen LogP) is 15.2. The maximum atomic E-state index is 2.61. The summed E-state index contributed by atoms with van der Waals surface area (Å²) in [7, 11) is 0. The predicted molar refractivity (Wildman–Crippen MR) is 243 cm³/mol. The fourth-order valence-corrected chi connectivity index (χ4v) is 9.39. The van der Waals surface area contributed by atoms with Crippen LogP contribution in [0.15, 0.2) is 89.6 Å². The summed E-state index contributed by atoms with van der Waals surface area (Å²) < 4.78 is 0. The van der Waals surface area contributed by atoms with E-state index in [2.05, 4.69) is 140 Å². The van der Waals surface area contributed by atoms with Crippen molar-refractivity contribution in [3.8, 4) is 0 Å². The summed E-state index contributed by atoms with van der Waals surface area (Å²) in [5.41, 5.74) is 12.4. The van der Waals surface area contributed by atoms with Gasteiger partial charge < -0.3 is 0 Å². The Morgan fingerprint density at radius 3 is 2.26 bits per heavy atom. The molecule has 0 heterocycles. The van der Waals surface area contributed by atoms with Crippen LogP contribution in [0.2, 0.25) is 0 Å². The van der Waals surface area contributed by atoms with Crippen molar-refractivity contribution < 1.29 is 0 Å². The van der Waals surface area contributed by atoms with Crippen LogP contribution >= 0.6 is 0 Å². The quantitative estimate of drug-likeness (QED) is 0.142. The number of aryl methyl sites for hydroxylation is 1. The van der Waals surface area contributed by atoms with Gasteiger partial charge in [0.2, 0.25) is 0 Å². The van der Waals surface area contributed by atoms with Crippen molar-refractivity contribution in [3.05, 3.63) is 117 Å². The molecule has 0 heteroatoms. The molecule has 4 atom stereocenters. The molecule has 0 spiro atoms. The zero-order valence-corrected chi connectivity index (χ0v) is 36.5. The second kappa shape index (κ2) is 21.8. The number of rotatable bonds is 17. The lowest BCUT2D eigenvalue weighted by molar-refractivity contribution is 0.189. The third-order valence-corrected chi connectivity index (χ3v) is 13.4. The summed E-state index contributed by atoms with van der Waals surface area (Å²) in [5, 5.41) is 2.94. The van der Waals surface area contributed by atoms with Crippen LogP contribution in [0.25, 0.3) is 23.3 Å². The number of hydrogen-bond donors (Lipinski definition) is 0. The molecule has 0 saturated heterocycles. The Morgan fingerprint density at radius 1 is 0.852 bits per heavy atom. The third kappa shape index (κ3) is 11.5. The molecule has 5 rings (SSSR count). The zero-order chi connectivity index (χ0) is 39.1. The first-order chi connectivity index (χ1) is 26.2. The van der Waals surface area contributed by atoms with Gasteiger partial charge in [-0.3, -0.25) is 0 Å². The molecule has 2 aromatic rings. The number of allylic oxidation sites excluding steroid dienone is 10. The lowest BCUT2D eigenvalue weighted by Crippen LogP contribution is -2.30. The summed E-state index contributed by atoms with van der Waals surface area (Å²) in [6.45, 7) is 23.4. The minimum atomic E-state index is 0.392. The Balaban J connectivity index is 0.00000319. The van der Waals surface area contributed by atoms with E-state index in [1.54, 1.807) is 11.1 Å². The van der Waals surface area contributed by atoms with E-state index in [4.69, 9.17) is 0 Å². The fourth-order valence-electron chi connectivity index (χ4n) is 9.39. The van der Waals surface area contributed by atoms with E-state index in [0.717, 1.165) is 25.2 Å². The van der Waals surface area contributed by atoms with E-state index in [-0.39, 0.29) is 0 Å². The Hall–Kier alpha value is -3.12. The van der Waals surface area contributed by atoms with E-state index in [0.29, 0.717) is 23.2 Å². The second-order valence-electron chi connectivity index (χ2n) is 17.4. The van der Waals surface area contributed by atoms with Crippen molar-refractivity contribution in [2.75, 3.05) is 0 Å². The van der Waals surface area contributed by atoms with Crippen molar-refractivity contribution in [2.45, 2.75) is 166 Å². The Bertz CT molecular complexity index is 1750. The van der Waals surface area contributed by atoms with Crippen LogP contribution in [0.3, 0.4) is 0 Å². The van der Waals surface area contributed by atoms with Gasteiger partial charge >= 0.3 is 0 Å². The molecule has 0 nitrogen and oxygen atoms in total. The molecular formula is C54H78. The molecular weight excluding hydrogens is 649 g/mol. The first kappa shape index (κ1) is 43.6. The number of unbranched alkanes of at least 4 members (excludes halogenated alkanes) is 4. The lowest BCUT2D eigenvalue weighted by atomic mass is 9.66. The van der Waals surface area contributed by atoms with Crippen LogP contribution in [0.1, 0.15) is 176 Å². The van der Waals surface area contributed by atoms with Crippen LogP contribution in [-0.4, -0.2) is 0 Å². The third-order valence-electron chi connectivity index (χ3n) is 13.4. The molecule has 0 N–H and O–H groups in total. The molecule has 0 bridgehead atoms. The summed E-state index contributed by atoms with van der Waals surface area (Å²) in [5.74, 6) is 2.44. The van der Waals surface area contributed by atoms with E-state index in [1.807, 2.05) is 13.8 Å². The SMILES string of the molecule is CC.CC=C(c1cc(CC)c2c(c1)=CC1=C(CC=2)CCC(C)(C(C)C)C1)C(C)[C@H](CCCCC(C)CCCCCC)C1=CC=C(c2ccccc2)CC=C1. The zero-order valence-electron chi connectivity index (χ0n) is 36.5. The van der Waals surface area contributed by atoms with Gasteiger partial charge in [-0.05, 0) is 136 Å². The van der Waals surface area contributed by atoms with Gasteiger partial charge in [0.05, 0.1) is 0 Å². The highest BCUT2D eigenvalue weighted by Gasteiger charge is 2.33. The van der Waals surface area contributed by atoms with Gasteiger partial charge in [-0.1, -0.05) is 198 Å². The fraction of sp³-hybridized carbons (Fsp3) is 0.556. The normalized spacial score (nSPS) is 20.2. The van der Waals surface area contributed by atoms with Gasteiger partial charge in [-0.15, -0.1) is 0 Å². The summed E-state index contributed by atoms with van der Waals surface area (Å²) >= 11 is 0. The van der Waals surface area contributed by atoms with Gasteiger partial charge in [-0.2, -0.15) is 0 Å². The summed E-state index contributed by atoms with van der Waals surface area (Å²) in [4.78, 5) is 0. The first-order valence-electron chi connectivity index (χ1n) is 22.5. The number of hydrogen-bond acceptors (Lipinski definition) is 0. The van der Waals surface area contributed by atoms with Crippen molar-refractivity contribution in [1.29, 1.82) is 0 Å². The molecule has 54 heavy (non-hydrogen) atoms. The van der Waals surface area contributed by atoms with Gasteiger partial charge in [-0.25, -0.2) is 0 Å². The smallest absolute Gasteiger partial charge is 0.00883 e. The highest BCUT2D eigenvalue weighted by atomic mass is 14.4. The largest absolute Gasteiger partial charge is 0.0835 e. The van der Waals surface area contributed by atoms with Crippen LogP contribution in [0.5, 0.6) is 0 Å². The average Bonchev–Trinajstić information content (AvgIpc) is 3.54. The number of fused-ring (bicyclic) bond motifs is 1. The van der Waals surface area contributed by atoms with Crippen LogP contribution in [0.4, 0.5) is 0 Å². The van der Waals surface area contributed by atoms with E-state index >= 15 is 0 Å². The molecule has 0 saturated carbocycles. The van der Waals surface area contributed by atoms with Gasteiger partial charge in [0.25, 0.3) is 0 Å². The Labute approximate surface area is 333 Å². The van der Waals surface area contributed by atoms with Crippen molar-refractivity contribution in [1.82, 2.24) is 0 Å². The van der Waals surface area contributed by atoms with E-state index in [9.17, 15) is 0 Å². The average molecular weight is 727 g/mol. The molecule has 0 amide bonds. The second-order valence-corrected chi connectivity index (χ2v) is 17.4. The lowest BCUT2D eigenvalue weighted by Gasteiger charge is -2.39. The van der Waals surface area contributed by atoms with Gasteiger partial charge in [0.1, 0.15) is 0 Å². The Kier molecular flexibility index (Phi) is 17.6. The molecule has 0 radical (unpaired) electrons. The van der Waals surface area contributed by atoms with Crippen LogP contribution < -0.4 is 10.4 Å². The van der Waals surface area contributed by atoms with Crippen LogP contribution in [0, 0.1) is 29.1 Å². The highest BCUT2D eigenvalue weighted by Crippen LogP contribution is 2.46. The number of benzene rings is 2. The maximum Gasteiger partial charge on any atom is -0.00883 e. The van der Waals surface area contributed by atoms with Crippen molar-refractivity contribution in [3.63, 3.8) is 0 Å². The molecule has 3 unspecified atom stereocenters. The minimum Gasteiger partial charge on any atom is -0.0835 e. The molecule has 0 aliphatic heterocycles. The Morgan fingerprint density at radius 2 is 1.57 bits per heavy atom. The highest BCUT2D eigenvalue weighted by molar-refractivity contribution is 5.72.